The maximum Gasteiger partial charge on any atom is 0.343 e. The van der Waals surface area contributed by atoms with Crippen LogP contribution in [0.15, 0.2) is 36.4 Å². The van der Waals surface area contributed by atoms with Gasteiger partial charge in [-0.2, -0.15) is 0 Å². The molecule has 1 aliphatic heterocycles. The van der Waals surface area contributed by atoms with E-state index in [1.807, 2.05) is 0 Å². The third-order valence-corrected chi connectivity index (χ3v) is 4.43. The van der Waals surface area contributed by atoms with Crippen LogP contribution in [-0.2, 0) is 16.0 Å². The summed E-state index contributed by atoms with van der Waals surface area (Å²) in [7, 11) is 0. The van der Waals surface area contributed by atoms with Crippen molar-refractivity contribution in [3.63, 3.8) is 0 Å². The number of amides is 1. The smallest absolute Gasteiger partial charge is 0.343 e. The van der Waals surface area contributed by atoms with Crippen LogP contribution in [-0.4, -0.2) is 36.6 Å². The van der Waals surface area contributed by atoms with Gasteiger partial charge in [-0.05, 0) is 69.5 Å². The highest BCUT2D eigenvalue weighted by Crippen LogP contribution is 2.33. The third kappa shape index (κ3) is 5.75. The number of aryl methyl sites for hydroxylation is 1. The first-order valence-electron chi connectivity index (χ1n) is 10.0. The van der Waals surface area contributed by atoms with Gasteiger partial charge < -0.3 is 25.3 Å². The molecule has 8 nitrogen and oxygen atoms in total. The Kier molecular flexibility index (Phi) is 6.48. The van der Waals surface area contributed by atoms with E-state index in [4.69, 9.17) is 19.9 Å². The van der Waals surface area contributed by atoms with Gasteiger partial charge in [0.1, 0.15) is 12.1 Å². The summed E-state index contributed by atoms with van der Waals surface area (Å²) in [5, 5.41) is 2.52. The zero-order valence-electron chi connectivity index (χ0n) is 17.8. The van der Waals surface area contributed by atoms with Gasteiger partial charge in [-0.1, -0.05) is 6.07 Å². The maximum absolute atomic E-state index is 12.7. The zero-order chi connectivity index (χ0) is 22.6. The molecule has 0 bridgehead atoms. The highest BCUT2D eigenvalue weighted by atomic mass is 16.6. The molecule has 164 valence electrons. The summed E-state index contributed by atoms with van der Waals surface area (Å²) in [5.41, 5.74) is 7.11. The van der Waals surface area contributed by atoms with Gasteiger partial charge in [0.15, 0.2) is 11.5 Å². The molecule has 31 heavy (non-hydrogen) atoms. The van der Waals surface area contributed by atoms with Crippen LogP contribution in [0.3, 0.4) is 0 Å². The quantitative estimate of drug-likeness (QED) is 0.440. The number of hydrogen-bond donors (Lipinski definition) is 2. The maximum atomic E-state index is 12.7. The minimum atomic E-state index is -0.654. The monoisotopic (exact) mass is 426 g/mol. The van der Waals surface area contributed by atoms with E-state index < -0.39 is 23.4 Å². The molecular formula is C23H26N2O6. The van der Waals surface area contributed by atoms with Crippen molar-refractivity contribution in [2.45, 2.75) is 39.2 Å². The number of carbonyl (C=O) groups is 3. The molecular weight excluding hydrogens is 400 g/mol. The fourth-order valence-electron chi connectivity index (χ4n) is 3.16. The van der Waals surface area contributed by atoms with E-state index in [0.717, 1.165) is 5.56 Å². The first kappa shape index (κ1) is 22.1. The van der Waals surface area contributed by atoms with Crippen molar-refractivity contribution in [1.82, 2.24) is 5.32 Å². The Morgan fingerprint density at radius 1 is 1.19 bits per heavy atom. The molecule has 2 aromatic carbocycles. The molecule has 1 aliphatic rings. The Labute approximate surface area is 180 Å². The first-order valence-corrected chi connectivity index (χ1v) is 10.0. The Hall–Kier alpha value is -3.55. The van der Waals surface area contributed by atoms with Gasteiger partial charge in [0.2, 0.25) is 0 Å². The first-order chi connectivity index (χ1) is 14.6. The van der Waals surface area contributed by atoms with Crippen LogP contribution in [0.25, 0.3) is 0 Å². The van der Waals surface area contributed by atoms with Crippen LogP contribution in [0.5, 0.6) is 11.5 Å². The minimum Gasteiger partial charge on any atom is -0.489 e. The second-order valence-corrected chi connectivity index (χ2v) is 8.16. The molecule has 3 N–H and O–H groups in total. The number of nitrogens with one attached hydrogen (secondary N) is 1. The van der Waals surface area contributed by atoms with Gasteiger partial charge in [-0.25, -0.2) is 4.79 Å². The molecule has 0 saturated carbocycles. The average Bonchev–Trinajstić information content (AvgIpc) is 2.68. The molecule has 0 radical (unpaired) electrons. The summed E-state index contributed by atoms with van der Waals surface area (Å²) < 4.78 is 16.6. The van der Waals surface area contributed by atoms with Crippen molar-refractivity contribution in [1.29, 1.82) is 0 Å². The highest BCUT2D eigenvalue weighted by Gasteiger charge is 2.24. The molecule has 0 spiro atoms. The molecule has 8 heteroatoms. The van der Waals surface area contributed by atoms with Crippen LogP contribution in [0.1, 0.15) is 53.5 Å². The molecule has 1 amide bonds. The largest absolute Gasteiger partial charge is 0.489 e. The lowest BCUT2D eigenvalue weighted by atomic mass is 10.0. The molecule has 0 atom stereocenters. The second-order valence-electron chi connectivity index (χ2n) is 8.16. The molecule has 0 unspecified atom stereocenters. The number of fused-ring (bicyclic) bond motifs is 2. The Bertz CT molecular complexity index is 1010. The topological polar surface area (TPSA) is 117 Å². The van der Waals surface area contributed by atoms with E-state index in [9.17, 15) is 14.4 Å². The molecule has 1 heterocycles. The number of ether oxygens (including phenoxy) is 3. The van der Waals surface area contributed by atoms with E-state index in [2.05, 4.69) is 5.32 Å². The van der Waals surface area contributed by atoms with Crippen LogP contribution in [0, 0.1) is 0 Å². The average molecular weight is 426 g/mol. The molecule has 0 fully saturated rings. The minimum absolute atomic E-state index is 0.125. The van der Waals surface area contributed by atoms with E-state index in [-0.39, 0.29) is 23.6 Å². The van der Waals surface area contributed by atoms with E-state index in [0.29, 0.717) is 30.7 Å². The van der Waals surface area contributed by atoms with Gasteiger partial charge >= 0.3 is 11.9 Å². The van der Waals surface area contributed by atoms with Crippen LogP contribution in [0.2, 0.25) is 0 Å². The normalized spacial score (nSPS) is 13.7. The molecule has 3 rings (SSSR count). The van der Waals surface area contributed by atoms with Crippen LogP contribution < -0.4 is 20.5 Å². The fraction of sp³-hybridized carbons (Fsp3) is 0.348. The second kappa shape index (κ2) is 9.07. The summed E-state index contributed by atoms with van der Waals surface area (Å²) in [6, 6.07) is 9.69. The predicted molar refractivity (Wildman–Crippen MR) is 114 cm³/mol. The summed E-state index contributed by atoms with van der Waals surface area (Å²) >= 11 is 0. The molecule has 0 aliphatic carbocycles. The standard InChI is InChI=1S/C23H26N2O6/c1-23(2,3)31-19(26)13-25-21(27)17-7-4-8-18-20(17)29-11-5-6-14-12-15(24)9-10-16(14)22(28)30-18/h4,7-10,12H,5-6,11,13,24H2,1-3H3,(H,25,27). The number of nitrogens with two attached hydrogens (primary N) is 1. The lowest BCUT2D eigenvalue weighted by Gasteiger charge is -2.20. The fourth-order valence-corrected chi connectivity index (χ4v) is 3.16. The van der Waals surface area contributed by atoms with Crippen molar-refractivity contribution in [2.75, 3.05) is 18.9 Å². The number of para-hydroxylation sites is 1. The van der Waals surface area contributed by atoms with Crippen molar-refractivity contribution in [3.8, 4) is 11.5 Å². The van der Waals surface area contributed by atoms with Gasteiger partial charge in [-0.3, -0.25) is 9.59 Å². The Balaban J connectivity index is 1.82. The van der Waals surface area contributed by atoms with Gasteiger partial charge in [0.05, 0.1) is 17.7 Å². The lowest BCUT2D eigenvalue weighted by molar-refractivity contribution is -0.153. The van der Waals surface area contributed by atoms with E-state index in [1.54, 1.807) is 51.1 Å². The van der Waals surface area contributed by atoms with Crippen LogP contribution in [0.4, 0.5) is 5.69 Å². The van der Waals surface area contributed by atoms with Gasteiger partial charge in [0.25, 0.3) is 5.91 Å². The van der Waals surface area contributed by atoms with Crippen molar-refractivity contribution < 1.29 is 28.6 Å². The van der Waals surface area contributed by atoms with E-state index in [1.165, 1.54) is 6.07 Å². The van der Waals surface area contributed by atoms with Crippen molar-refractivity contribution in [2.24, 2.45) is 0 Å². The third-order valence-electron chi connectivity index (χ3n) is 4.43. The van der Waals surface area contributed by atoms with Crippen LogP contribution >= 0.6 is 0 Å². The number of benzene rings is 2. The Morgan fingerprint density at radius 3 is 2.71 bits per heavy atom. The van der Waals surface area contributed by atoms with Gasteiger partial charge in [0, 0.05) is 5.69 Å². The summed E-state index contributed by atoms with van der Waals surface area (Å²) in [5.74, 6) is -1.38. The molecule has 0 saturated heterocycles. The number of hydrogen-bond acceptors (Lipinski definition) is 7. The predicted octanol–water partition coefficient (Wildman–Crippen LogP) is 2.88. The van der Waals surface area contributed by atoms with Gasteiger partial charge in [-0.15, -0.1) is 0 Å². The summed E-state index contributed by atoms with van der Waals surface area (Å²) in [6.07, 6.45) is 1.18. The van der Waals surface area contributed by atoms with Crippen molar-refractivity contribution >= 4 is 23.5 Å². The zero-order valence-corrected chi connectivity index (χ0v) is 17.8. The number of rotatable bonds is 3. The molecule has 2 aromatic rings. The highest BCUT2D eigenvalue weighted by molar-refractivity contribution is 6.00. The summed E-state index contributed by atoms with van der Waals surface area (Å²) in [6.45, 7) is 5.23. The number of esters is 2. The lowest BCUT2D eigenvalue weighted by Crippen LogP contribution is -2.34. The number of nitrogen functional groups attached to an aromatic ring is 1. The SMILES string of the molecule is CC(C)(C)OC(=O)CNC(=O)c1cccc2c1OCCCc1cc(N)ccc1C(=O)O2. The van der Waals surface area contributed by atoms with Crippen molar-refractivity contribution in [3.05, 3.63) is 53.1 Å². The Morgan fingerprint density at radius 2 is 1.97 bits per heavy atom. The number of carbonyl (C=O) groups excluding carboxylic acids is 3. The molecule has 0 aromatic heterocycles. The summed E-state index contributed by atoms with van der Waals surface area (Å²) in [4.78, 5) is 37.4. The number of anilines is 1. The van der Waals surface area contributed by atoms with E-state index >= 15 is 0 Å².